The molecule has 0 aliphatic rings. The molecule has 0 spiro atoms. The van der Waals surface area contributed by atoms with Gasteiger partial charge < -0.3 is 16.0 Å². The topological polar surface area (TPSA) is 71.2 Å². The van der Waals surface area contributed by atoms with Crippen LogP contribution >= 0.6 is 0 Å². The quantitative estimate of drug-likeness (QED) is 0.805. The summed E-state index contributed by atoms with van der Waals surface area (Å²) in [6, 6.07) is 1.73. The maximum atomic E-state index is 12.0. The minimum atomic E-state index is -0.128. The van der Waals surface area contributed by atoms with E-state index in [0.29, 0.717) is 16.9 Å². The number of carbonyl (C=O) groups excluding carboxylic acids is 1. The van der Waals surface area contributed by atoms with E-state index in [9.17, 15) is 4.79 Å². The van der Waals surface area contributed by atoms with Crippen LogP contribution in [0.5, 0.6) is 0 Å². The van der Waals surface area contributed by atoms with E-state index in [0.717, 1.165) is 6.54 Å². The molecule has 5 nitrogen and oxygen atoms in total. The van der Waals surface area contributed by atoms with E-state index in [4.69, 9.17) is 5.73 Å². The molecular weight excluding hydrogens is 216 g/mol. The van der Waals surface area contributed by atoms with Crippen LogP contribution < -0.4 is 11.1 Å². The van der Waals surface area contributed by atoms with Gasteiger partial charge >= 0.3 is 0 Å². The molecule has 94 valence electrons. The molecule has 1 aromatic heterocycles. The number of rotatable bonds is 4. The molecular formula is C12H20N4O. The molecule has 1 amide bonds. The molecule has 0 aliphatic heterocycles. The van der Waals surface area contributed by atoms with Crippen molar-refractivity contribution in [2.45, 2.75) is 19.9 Å². The normalized spacial score (nSPS) is 12.5. The van der Waals surface area contributed by atoms with E-state index in [-0.39, 0.29) is 11.9 Å². The molecule has 1 unspecified atom stereocenters. The Hall–Kier alpha value is -1.62. The van der Waals surface area contributed by atoms with Crippen LogP contribution in [-0.2, 0) is 0 Å². The zero-order valence-electron chi connectivity index (χ0n) is 10.8. The van der Waals surface area contributed by atoms with Gasteiger partial charge in [-0.05, 0) is 34.0 Å². The van der Waals surface area contributed by atoms with Crippen molar-refractivity contribution in [3.8, 4) is 0 Å². The van der Waals surface area contributed by atoms with Gasteiger partial charge in [-0.15, -0.1) is 0 Å². The molecule has 0 saturated carbocycles. The summed E-state index contributed by atoms with van der Waals surface area (Å²) in [5.41, 5.74) is 7.35. The van der Waals surface area contributed by atoms with E-state index in [1.807, 2.05) is 25.9 Å². The van der Waals surface area contributed by atoms with Gasteiger partial charge in [0.2, 0.25) is 0 Å². The lowest BCUT2D eigenvalue weighted by Crippen LogP contribution is -2.39. The number of likely N-dealkylation sites (N-methyl/N-ethyl adjacent to an activating group) is 1. The van der Waals surface area contributed by atoms with Gasteiger partial charge in [0.1, 0.15) is 0 Å². The van der Waals surface area contributed by atoms with Crippen molar-refractivity contribution < 1.29 is 4.79 Å². The third-order valence-electron chi connectivity index (χ3n) is 2.37. The fourth-order valence-electron chi connectivity index (χ4n) is 1.67. The summed E-state index contributed by atoms with van der Waals surface area (Å²) in [4.78, 5) is 18.1. The number of carbonyl (C=O) groups is 1. The predicted octanol–water partition coefficient (Wildman–Crippen LogP) is 0.652. The minimum absolute atomic E-state index is 0.0818. The number of nitrogens with one attached hydrogen (secondary N) is 1. The van der Waals surface area contributed by atoms with Crippen LogP contribution in [0.1, 0.15) is 23.0 Å². The van der Waals surface area contributed by atoms with Gasteiger partial charge in [-0.25, -0.2) is 0 Å². The van der Waals surface area contributed by atoms with E-state index in [2.05, 4.69) is 10.3 Å². The maximum absolute atomic E-state index is 12.0. The summed E-state index contributed by atoms with van der Waals surface area (Å²) in [5, 5.41) is 2.92. The summed E-state index contributed by atoms with van der Waals surface area (Å²) in [6.07, 6.45) is 1.55. The number of nitrogen functional groups attached to an aromatic ring is 1. The number of aromatic nitrogens is 1. The van der Waals surface area contributed by atoms with Gasteiger partial charge in [0.25, 0.3) is 5.91 Å². The Morgan fingerprint density at radius 3 is 2.82 bits per heavy atom. The molecule has 3 N–H and O–H groups in total. The molecule has 1 heterocycles. The Bertz CT molecular complexity index is 403. The third-order valence-corrected chi connectivity index (χ3v) is 2.37. The highest BCUT2D eigenvalue weighted by atomic mass is 16.1. The minimum Gasteiger partial charge on any atom is -0.397 e. The smallest absolute Gasteiger partial charge is 0.253 e. The molecule has 0 aromatic carbocycles. The maximum Gasteiger partial charge on any atom is 0.253 e. The summed E-state index contributed by atoms with van der Waals surface area (Å²) in [6.45, 7) is 4.55. The molecule has 0 radical (unpaired) electrons. The van der Waals surface area contributed by atoms with Crippen LogP contribution in [0.3, 0.4) is 0 Å². The van der Waals surface area contributed by atoms with Crippen LogP contribution in [0.25, 0.3) is 0 Å². The Morgan fingerprint density at radius 2 is 2.24 bits per heavy atom. The largest absolute Gasteiger partial charge is 0.397 e. The third kappa shape index (κ3) is 4.03. The number of anilines is 1. The molecule has 5 heteroatoms. The van der Waals surface area contributed by atoms with Gasteiger partial charge in [-0.2, -0.15) is 0 Å². The first kappa shape index (κ1) is 13.4. The molecule has 0 aliphatic carbocycles. The zero-order valence-corrected chi connectivity index (χ0v) is 10.8. The van der Waals surface area contributed by atoms with Crippen molar-refractivity contribution in [1.82, 2.24) is 15.2 Å². The Kier molecular flexibility index (Phi) is 4.45. The number of amides is 1. The zero-order chi connectivity index (χ0) is 13.0. The van der Waals surface area contributed by atoms with Crippen LogP contribution in [0.4, 0.5) is 5.69 Å². The first-order chi connectivity index (χ1) is 7.90. The lowest BCUT2D eigenvalue weighted by Gasteiger charge is -2.18. The predicted molar refractivity (Wildman–Crippen MR) is 68.9 cm³/mol. The lowest BCUT2D eigenvalue weighted by molar-refractivity contribution is 0.0933. The van der Waals surface area contributed by atoms with Gasteiger partial charge in [0.05, 0.1) is 23.1 Å². The van der Waals surface area contributed by atoms with E-state index in [1.165, 1.54) is 0 Å². The monoisotopic (exact) mass is 236 g/mol. The Labute approximate surface area is 102 Å². The number of nitrogens with zero attached hydrogens (tertiary/aromatic N) is 2. The summed E-state index contributed by atoms with van der Waals surface area (Å²) >= 11 is 0. The molecule has 1 aromatic rings. The SMILES string of the molecule is Cc1ncc(N)cc1C(=O)NC(C)CN(C)C. The van der Waals surface area contributed by atoms with Crippen molar-refractivity contribution >= 4 is 11.6 Å². The summed E-state index contributed by atoms with van der Waals surface area (Å²) in [7, 11) is 3.94. The molecule has 1 atom stereocenters. The van der Waals surface area contributed by atoms with Gasteiger partial charge in [-0.3, -0.25) is 9.78 Å². The highest BCUT2D eigenvalue weighted by Gasteiger charge is 2.13. The van der Waals surface area contributed by atoms with E-state index >= 15 is 0 Å². The van der Waals surface area contributed by atoms with Crippen LogP contribution in [0.2, 0.25) is 0 Å². The van der Waals surface area contributed by atoms with E-state index < -0.39 is 0 Å². The number of hydrogen-bond acceptors (Lipinski definition) is 4. The lowest BCUT2D eigenvalue weighted by atomic mass is 10.1. The van der Waals surface area contributed by atoms with Crippen molar-refractivity contribution in [2.75, 3.05) is 26.4 Å². The standard InChI is InChI=1S/C12H20N4O/c1-8(7-16(3)4)15-12(17)11-5-10(13)6-14-9(11)2/h5-6,8H,7,13H2,1-4H3,(H,15,17). The second-order valence-electron chi connectivity index (χ2n) is 4.54. The second-order valence-corrected chi connectivity index (χ2v) is 4.54. The fraction of sp³-hybridized carbons (Fsp3) is 0.500. The average molecular weight is 236 g/mol. The number of aryl methyl sites for hydroxylation is 1. The van der Waals surface area contributed by atoms with Crippen molar-refractivity contribution in [3.05, 3.63) is 23.5 Å². The number of nitrogens with two attached hydrogens (primary N) is 1. The van der Waals surface area contributed by atoms with Gasteiger partial charge in [-0.1, -0.05) is 0 Å². The van der Waals surface area contributed by atoms with Crippen LogP contribution in [-0.4, -0.2) is 42.5 Å². The van der Waals surface area contributed by atoms with Crippen molar-refractivity contribution in [2.24, 2.45) is 0 Å². The Balaban J connectivity index is 2.73. The van der Waals surface area contributed by atoms with Gasteiger partial charge in [0.15, 0.2) is 0 Å². The summed E-state index contributed by atoms with van der Waals surface area (Å²) < 4.78 is 0. The number of hydrogen-bond donors (Lipinski definition) is 2. The fourth-order valence-corrected chi connectivity index (χ4v) is 1.67. The first-order valence-corrected chi connectivity index (χ1v) is 5.58. The molecule has 0 bridgehead atoms. The van der Waals surface area contributed by atoms with Crippen LogP contribution in [0, 0.1) is 6.92 Å². The molecule has 1 rings (SSSR count). The molecule has 17 heavy (non-hydrogen) atoms. The van der Waals surface area contributed by atoms with Gasteiger partial charge in [0, 0.05) is 12.6 Å². The number of pyridine rings is 1. The van der Waals surface area contributed by atoms with Crippen molar-refractivity contribution in [3.63, 3.8) is 0 Å². The van der Waals surface area contributed by atoms with E-state index in [1.54, 1.807) is 19.2 Å². The molecule has 0 saturated heterocycles. The molecule has 0 fully saturated rings. The average Bonchev–Trinajstić information content (AvgIpc) is 2.20. The first-order valence-electron chi connectivity index (χ1n) is 5.58. The van der Waals surface area contributed by atoms with Crippen LogP contribution in [0.15, 0.2) is 12.3 Å². The highest BCUT2D eigenvalue weighted by Crippen LogP contribution is 2.09. The Morgan fingerprint density at radius 1 is 1.59 bits per heavy atom. The second kappa shape index (κ2) is 5.63. The highest BCUT2D eigenvalue weighted by molar-refractivity contribution is 5.96. The van der Waals surface area contributed by atoms with Crippen molar-refractivity contribution in [1.29, 1.82) is 0 Å². The summed E-state index contributed by atoms with van der Waals surface area (Å²) in [5.74, 6) is -0.128.